The topological polar surface area (TPSA) is 42.0 Å². The number of aromatic nitrogens is 1. The van der Waals surface area contributed by atoms with Gasteiger partial charge in [-0.1, -0.05) is 11.3 Å². The first-order valence-corrected chi connectivity index (χ1v) is 6.75. The molecule has 0 radical (unpaired) electrons. The predicted octanol–water partition coefficient (Wildman–Crippen LogP) is 2.74. The van der Waals surface area contributed by atoms with Crippen molar-refractivity contribution in [3.8, 4) is 0 Å². The SMILES string of the molecule is CSCC(=O)Nc1nc2ccc(F)cc2s1. The van der Waals surface area contributed by atoms with Gasteiger partial charge in [0, 0.05) is 0 Å². The molecule has 16 heavy (non-hydrogen) atoms. The number of thiazole rings is 1. The molecule has 1 heterocycles. The number of carbonyl (C=O) groups is 1. The van der Waals surface area contributed by atoms with Gasteiger partial charge in [0.1, 0.15) is 5.82 Å². The number of fused-ring (bicyclic) bond motifs is 1. The highest BCUT2D eigenvalue weighted by Gasteiger charge is 2.07. The Morgan fingerprint density at radius 2 is 2.44 bits per heavy atom. The fourth-order valence-corrected chi connectivity index (χ4v) is 2.48. The van der Waals surface area contributed by atoms with Crippen molar-refractivity contribution in [3.05, 3.63) is 24.0 Å². The van der Waals surface area contributed by atoms with Gasteiger partial charge in [0.15, 0.2) is 5.13 Å². The molecule has 0 saturated heterocycles. The summed E-state index contributed by atoms with van der Waals surface area (Å²) in [5.41, 5.74) is 0.700. The van der Waals surface area contributed by atoms with E-state index >= 15 is 0 Å². The monoisotopic (exact) mass is 256 g/mol. The van der Waals surface area contributed by atoms with Crippen LogP contribution < -0.4 is 5.32 Å². The highest BCUT2D eigenvalue weighted by molar-refractivity contribution is 7.99. The molecule has 6 heteroatoms. The third-order valence-electron chi connectivity index (χ3n) is 1.87. The van der Waals surface area contributed by atoms with Gasteiger partial charge in [-0.2, -0.15) is 11.8 Å². The van der Waals surface area contributed by atoms with E-state index in [0.29, 0.717) is 16.4 Å². The molecule has 1 N–H and O–H groups in total. The van der Waals surface area contributed by atoms with Crippen LogP contribution in [0.1, 0.15) is 0 Å². The quantitative estimate of drug-likeness (QED) is 0.918. The molecule has 3 nitrogen and oxygen atoms in total. The number of hydrogen-bond donors (Lipinski definition) is 1. The zero-order chi connectivity index (χ0) is 11.5. The Kier molecular flexibility index (Phi) is 3.40. The molecule has 0 aliphatic heterocycles. The summed E-state index contributed by atoms with van der Waals surface area (Å²) in [7, 11) is 0. The van der Waals surface area contributed by atoms with Crippen LogP contribution in [0.3, 0.4) is 0 Å². The van der Waals surface area contributed by atoms with Crippen LogP contribution in [0.2, 0.25) is 0 Å². The molecule has 0 spiro atoms. The van der Waals surface area contributed by atoms with Crippen molar-refractivity contribution in [1.29, 1.82) is 0 Å². The van der Waals surface area contributed by atoms with E-state index in [9.17, 15) is 9.18 Å². The van der Waals surface area contributed by atoms with Gasteiger partial charge in [0.2, 0.25) is 5.91 Å². The van der Waals surface area contributed by atoms with Crippen LogP contribution in [-0.2, 0) is 4.79 Å². The van der Waals surface area contributed by atoms with Crippen molar-refractivity contribution in [3.63, 3.8) is 0 Å². The minimum atomic E-state index is -0.293. The molecule has 2 aromatic rings. The zero-order valence-electron chi connectivity index (χ0n) is 8.49. The standard InChI is InChI=1S/C10H9FN2OS2/c1-15-5-9(14)13-10-12-7-3-2-6(11)4-8(7)16-10/h2-4H,5H2,1H3,(H,12,13,14). The lowest BCUT2D eigenvalue weighted by molar-refractivity contribution is -0.113. The number of hydrogen-bond acceptors (Lipinski definition) is 4. The lowest BCUT2D eigenvalue weighted by Crippen LogP contribution is -2.13. The van der Waals surface area contributed by atoms with E-state index in [1.165, 1.54) is 35.2 Å². The molecule has 0 saturated carbocycles. The second-order valence-electron chi connectivity index (χ2n) is 3.11. The molecule has 1 aromatic heterocycles. The minimum absolute atomic E-state index is 0.0907. The Balaban J connectivity index is 2.23. The Morgan fingerprint density at radius 3 is 3.19 bits per heavy atom. The largest absolute Gasteiger partial charge is 0.301 e. The molecule has 0 aliphatic rings. The Labute approximate surface area is 100 Å². The van der Waals surface area contributed by atoms with Gasteiger partial charge in [-0.25, -0.2) is 9.37 Å². The van der Waals surface area contributed by atoms with Gasteiger partial charge < -0.3 is 5.32 Å². The maximum atomic E-state index is 12.9. The summed E-state index contributed by atoms with van der Waals surface area (Å²) < 4.78 is 13.7. The molecule has 0 unspecified atom stereocenters. The van der Waals surface area contributed by atoms with Crippen molar-refractivity contribution in [2.75, 3.05) is 17.3 Å². The number of halogens is 1. The summed E-state index contributed by atoms with van der Waals surface area (Å²) in [4.78, 5) is 15.5. The first-order valence-electron chi connectivity index (χ1n) is 4.54. The van der Waals surface area contributed by atoms with Crippen molar-refractivity contribution in [2.45, 2.75) is 0 Å². The molecular formula is C10H9FN2OS2. The van der Waals surface area contributed by atoms with Crippen molar-refractivity contribution in [1.82, 2.24) is 4.98 Å². The number of thioether (sulfide) groups is 1. The molecule has 1 amide bonds. The zero-order valence-corrected chi connectivity index (χ0v) is 10.1. The molecular weight excluding hydrogens is 247 g/mol. The lowest BCUT2D eigenvalue weighted by Gasteiger charge is -1.97. The molecule has 1 aromatic carbocycles. The van der Waals surface area contributed by atoms with Crippen LogP contribution in [0.5, 0.6) is 0 Å². The van der Waals surface area contributed by atoms with Crippen molar-refractivity contribution < 1.29 is 9.18 Å². The van der Waals surface area contributed by atoms with Gasteiger partial charge in [-0.15, -0.1) is 0 Å². The Morgan fingerprint density at radius 1 is 1.62 bits per heavy atom. The molecule has 0 bridgehead atoms. The van der Waals surface area contributed by atoms with E-state index in [1.807, 2.05) is 6.26 Å². The summed E-state index contributed by atoms with van der Waals surface area (Å²) in [5.74, 6) is 0.00904. The van der Waals surface area contributed by atoms with Crippen LogP contribution in [0.15, 0.2) is 18.2 Å². The van der Waals surface area contributed by atoms with E-state index < -0.39 is 0 Å². The Bertz CT molecular complexity index is 527. The summed E-state index contributed by atoms with van der Waals surface area (Å²) in [6.07, 6.45) is 1.85. The van der Waals surface area contributed by atoms with Gasteiger partial charge in [-0.3, -0.25) is 4.79 Å². The number of rotatable bonds is 3. The van der Waals surface area contributed by atoms with E-state index in [0.717, 1.165) is 4.70 Å². The number of amides is 1. The Hall–Kier alpha value is -1.14. The summed E-state index contributed by atoms with van der Waals surface area (Å²) in [6, 6.07) is 4.37. The molecule has 2 rings (SSSR count). The van der Waals surface area contributed by atoms with Crippen LogP contribution in [-0.4, -0.2) is 22.9 Å². The van der Waals surface area contributed by atoms with Gasteiger partial charge >= 0.3 is 0 Å². The second kappa shape index (κ2) is 4.80. The van der Waals surface area contributed by atoms with Crippen LogP contribution in [0, 0.1) is 5.82 Å². The van der Waals surface area contributed by atoms with Crippen molar-refractivity contribution >= 4 is 44.4 Å². The fourth-order valence-electron chi connectivity index (χ4n) is 1.24. The molecule has 0 fully saturated rings. The van der Waals surface area contributed by atoms with Crippen LogP contribution in [0.25, 0.3) is 10.2 Å². The first kappa shape index (κ1) is 11.3. The minimum Gasteiger partial charge on any atom is -0.301 e. The second-order valence-corrected chi connectivity index (χ2v) is 5.01. The summed E-state index contributed by atoms with van der Waals surface area (Å²) in [6.45, 7) is 0. The molecule has 0 atom stereocenters. The number of anilines is 1. The normalized spacial score (nSPS) is 10.6. The highest BCUT2D eigenvalue weighted by Crippen LogP contribution is 2.26. The van der Waals surface area contributed by atoms with Gasteiger partial charge in [-0.05, 0) is 24.5 Å². The number of nitrogens with zero attached hydrogens (tertiary/aromatic N) is 1. The van der Waals surface area contributed by atoms with E-state index in [-0.39, 0.29) is 11.7 Å². The lowest BCUT2D eigenvalue weighted by atomic mass is 10.3. The van der Waals surface area contributed by atoms with E-state index in [1.54, 1.807) is 6.07 Å². The predicted molar refractivity (Wildman–Crippen MR) is 66.6 cm³/mol. The smallest absolute Gasteiger partial charge is 0.236 e. The molecule has 84 valence electrons. The van der Waals surface area contributed by atoms with Gasteiger partial charge in [0.05, 0.1) is 16.0 Å². The maximum absolute atomic E-state index is 12.9. The van der Waals surface area contributed by atoms with Gasteiger partial charge in [0.25, 0.3) is 0 Å². The van der Waals surface area contributed by atoms with E-state index in [2.05, 4.69) is 10.3 Å². The van der Waals surface area contributed by atoms with Crippen LogP contribution in [0.4, 0.5) is 9.52 Å². The third-order valence-corrected chi connectivity index (χ3v) is 3.36. The summed E-state index contributed by atoms with van der Waals surface area (Å²) >= 11 is 2.72. The van der Waals surface area contributed by atoms with Crippen LogP contribution >= 0.6 is 23.1 Å². The average Bonchev–Trinajstić information content (AvgIpc) is 2.59. The first-order chi connectivity index (χ1) is 7.69. The maximum Gasteiger partial charge on any atom is 0.236 e. The number of nitrogens with one attached hydrogen (secondary N) is 1. The van der Waals surface area contributed by atoms with E-state index in [4.69, 9.17) is 0 Å². The number of carbonyl (C=O) groups excluding carboxylic acids is 1. The average molecular weight is 256 g/mol. The van der Waals surface area contributed by atoms with Crippen molar-refractivity contribution in [2.24, 2.45) is 0 Å². The number of benzene rings is 1. The highest BCUT2D eigenvalue weighted by atomic mass is 32.2. The third kappa shape index (κ3) is 2.51. The fraction of sp³-hybridized carbons (Fsp3) is 0.200. The molecule has 0 aliphatic carbocycles. The summed E-state index contributed by atoms with van der Waals surface area (Å²) in [5, 5.41) is 3.19.